The third kappa shape index (κ3) is 3.06. The molecule has 2 heterocycles. The van der Waals surface area contributed by atoms with Gasteiger partial charge in [-0.3, -0.25) is 4.98 Å². The Hall–Kier alpha value is -2.74. The zero-order valence-corrected chi connectivity index (χ0v) is 11.0. The molecule has 0 aliphatic heterocycles. The lowest BCUT2D eigenvalue weighted by Crippen LogP contribution is -2.16. The largest absolute Gasteiger partial charge is 0.340 e. The molecule has 0 unspecified atom stereocenters. The molecule has 0 saturated carbocycles. The number of aromatic amines is 2. The van der Waals surface area contributed by atoms with Crippen LogP contribution in [-0.2, 0) is 13.1 Å². The van der Waals surface area contributed by atoms with Crippen LogP contribution in [0.15, 0.2) is 41.5 Å². The number of hydrogen-bond donors (Lipinski definition) is 3. The van der Waals surface area contributed by atoms with Crippen LogP contribution in [0.3, 0.4) is 0 Å². The lowest BCUT2D eigenvalue weighted by atomic mass is 10.1. The van der Waals surface area contributed by atoms with Crippen LogP contribution >= 0.6 is 0 Å². The normalized spacial score (nSPS) is 10.9. The van der Waals surface area contributed by atoms with Crippen LogP contribution < -0.4 is 11.0 Å². The Labute approximate surface area is 118 Å². The second-order valence-corrected chi connectivity index (χ2v) is 4.45. The van der Waals surface area contributed by atoms with Gasteiger partial charge in [-0.15, -0.1) is 0 Å². The molecule has 0 spiro atoms. The Bertz CT molecular complexity index is 776. The molecule has 108 valence electrons. The summed E-state index contributed by atoms with van der Waals surface area (Å²) in [7, 11) is 0. The van der Waals surface area contributed by atoms with Crippen LogP contribution in [0.4, 0.5) is 4.39 Å². The molecule has 2 aromatic heterocycles. The topological polar surface area (TPSA) is 91.4 Å². The number of nitrogens with zero attached hydrogens (tertiary/aromatic N) is 3. The molecule has 21 heavy (non-hydrogen) atoms. The van der Waals surface area contributed by atoms with Crippen molar-refractivity contribution in [3.63, 3.8) is 0 Å². The van der Waals surface area contributed by atoms with Crippen molar-refractivity contribution >= 4 is 0 Å². The smallest absolute Gasteiger partial charge is 0.306 e. The lowest BCUT2D eigenvalue weighted by Gasteiger charge is -2.10. The van der Waals surface area contributed by atoms with Gasteiger partial charge in [0.2, 0.25) is 0 Å². The van der Waals surface area contributed by atoms with Gasteiger partial charge in [0.15, 0.2) is 0 Å². The van der Waals surface area contributed by atoms with Gasteiger partial charge in [-0.25, -0.2) is 19.0 Å². The fourth-order valence-corrected chi connectivity index (χ4v) is 2.03. The molecule has 0 radical (unpaired) electrons. The third-order valence-corrected chi connectivity index (χ3v) is 2.95. The molecule has 3 N–H and O–H groups in total. The quantitative estimate of drug-likeness (QED) is 0.645. The first kappa shape index (κ1) is 13.3. The minimum absolute atomic E-state index is 0.309. The minimum atomic E-state index is -0.352. The average molecular weight is 288 g/mol. The summed E-state index contributed by atoms with van der Waals surface area (Å²) in [5.74, 6) is 0.188. The number of halogens is 1. The van der Waals surface area contributed by atoms with Crippen molar-refractivity contribution in [2.24, 2.45) is 0 Å². The second kappa shape index (κ2) is 5.71. The van der Waals surface area contributed by atoms with Crippen molar-refractivity contribution in [2.45, 2.75) is 13.1 Å². The highest BCUT2D eigenvalue weighted by atomic mass is 19.1. The number of H-pyrrole nitrogens is 2. The Morgan fingerprint density at radius 2 is 2.24 bits per heavy atom. The molecule has 3 aromatic rings. The Morgan fingerprint density at radius 1 is 1.33 bits per heavy atom. The molecular formula is C13H13FN6O. The van der Waals surface area contributed by atoms with Gasteiger partial charge in [0.05, 0.1) is 12.2 Å². The van der Waals surface area contributed by atoms with E-state index in [2.05, 4.69) is 25.6 Å². The van der Waals surface area contributed by atoms with Crippen LogP contribution in [0.2, 0.25) is 0 Å². The van der Waals surface area contributed by atoms with Crippen molar-refractivity contribution in [3.05, 3.63) is 64.3 Å². The molecule has 7 nitrogen and oxygen atoms in total. The van der Waals surface area contributed by atoms with Crippen LogP contribution in [-0.4, -0.2) is 25.0 Å². The molecule has 3 rings (SSSR count). The highest BCUT2D eigenvalue weighted by molar-refractivity contribution is 5.40. The molecule has 0 bridgehead atoms. The van der Waals surface area contributed by atoms with E-state index in [9.17, 15) is 9.18 Å². The highest BCUT2D eigenvalue weighted by Crippen LogP contribution is 2.15. The van der Waals surface area contributed by atoms with Crippen molar-refractivity contribution in [2.75, 3.05) is 0 Å². The monoisotopic (exact) mass is 288 g/mol. The van der Waals surface area contributed by atoms with Gasteiger partial charge < -0.3 is 5.32 Å². The van der Waals surface area contributed by atoms with E-state index in [1.165, 1.54) is 12.1 Å². The zero-order valence-electron chi connectivity index (χ0n) is 11.0. The minimum Gasteiger partial charge on any atom is -0.306 e. The van der Waals surface area contributed by atoms with E-state index in [1.54, 1.807) is 29.2 Å². The van der Waals surface area contributed by atoms with Crippen molar-refractivity contribution < 1.29 is 4.39 Å². The fraction of sp³-hybridized carbons (Fsp3) is 0.154. The second-order valence-electron chi connectivity index (χ2n) is 4.45. The maximum atomic E-state index is 13.4. The first-order valence-electron chi connectivity index (χ1n) is 6.35. The zero-order chi connectivity index (χ0) is 14.7. The van der Waals surface area contributed by atoms with E-state index >= 15 is 0 Å². The summed E-state index contributed by atoms with van der Waals surface area (Å²) in [6.45, 7) is 0.787. The molecule has 0 aliphatic carbocycles. The number of rotatable bonds is 5. The van der Waals surface area contributed by atoms with Crippen LogP contribution in [0.1, 0.15) is 11.4 Å². The van der Waals surface area contributed by atoms with Gasteiger partial charge in [-0.2, -0.15) is 10.2 Å². The van der Waals surface area contributed by atoms with Gasteiger partial charge in [-0.05, 0) is 29.8 Å². The summed E-state index contributed by atoms with van der Waals surface area (Å²) < 4.78 is 15.1. The molecule has 8 heteroatoms. The summed E-state index contributed by atoms with van der Waals surface area (Å²) in [4.78, 5) is 13.5. The van der Waals surface area contributed by atoms with E-state index in [0.717, 1.165) is 11.3 Å². The number of aromatic nitrogens is 5. The molecule has 0 fully saturated rings. The Balaban J connectivity index is 1.75. The Kier molecular flexibility index (Phi) is 3.61. The summed E-state index contributed by atoms with van der Waals surface area (Å²) in [5.41, 5.74) is 1.20. The predicted molar refractivity (Wildman–Crippen MR) is 73.3 cm³/mol. The van der Waals surface area contributed by atoms with E-state index in [4.69, 9.17) is 0 Å². The summed E-state index contributed by atoms with van der Waals surface area (Å²) in [6.07, 6.45) is 3.46. The number of nitrogens with one attached hydrogen (secondary N) is 3. The fourth-order valence-electron chi connectivity index (χ4n) is 2.03. The molecular weight excluding hydrogens is 275 g/mol. The van der Waals surface area contributed by atoms with Gasteiger partial charge in [-0.1, -0.05) is 0 Å². The van der Waals surface area contributed by atoms with Crippen LogP contribution in [0.25, 0.3) is 5.69 Å². The molecule has 1 aromatic carbocycles. The number of benzene rings is 1. The van der Waals surface area contributed by atoms with E-state index in [1.807, 2.05) is 0 Å². The SMILES string of the molecule is O=c1[nH]nc(CNCc2cc(F)ccc2-n2cccn2)[nH]1. The van der Waals surface area contributed by atoms with Gasteiger partial charge in [0, 0.05) is 18.9 Å². The van der Waals surface area contributed by atoms with Crippen LogP contribution in [0.5, 0.6) is 0 Å². The number of hydrogen-bond acceptors (Lipinski definition) is 4. The molecule has 0 saturated heterocycles. The van der Waals surface area contributed by atoms with Gasteiger partial charge in [0.1, 0.15) is 11.6 Å². The lowest BCUT2D eigenvalue weighted by molar-refractivity contribution is 0.615. The van der Waals surface area contributed by atoms with Crippen LogP contribution in [0, 0.1) is 5.82 Å². The van der Waals surface area contributed by atoms with E-state index in [0.29, 0.717) is 18.9 Å². The highest BCUT2D eigenvalue weighted by Gasteiger charge is 2.07. The first-order valence-corrected chi connectivity index (χ1v) is 6.35. The van der Waals surface area contributed by atoms with Gasteiger partial charge >= 0.3 is 5.69 Å². The van der Waals surface area contributed by atoms with Crippen molar-refractivity contribution in [1.82, 2.24) is 30.3 Å². The van der Waals surface area contributed by atoms with Gasteiger partial charge in [0.25, 0.3) is 0 Å². The molecule has 0 aliphatic rings. The van der Waals surface area contributed by atoms with E-state index in [-0.39, 0.29) is 11.5 Å². The van der Waals surface area contributed by atoms with E-state index < -0.39 is 0 Å². The standard InChI is InChI=1S/C13H13FN6O/c14-10-2-3-11(20-5-1-4-16-20)9(6-10)7-15-8-12-17-13(21)19-18-12/h1-6,15H,7-8H2,(H2,17,18,19,21). The summed E-state index contributed by atoms with van der Waals surface area (Å²) in [5, 5.41) is 13.3. The summed E-state index contributed by atoms with van der Waals surface area (Å²) in [6, 6.07) is 6.33. The third-order valence-electron chi connectivity index (χ3n) is 2.95. The average Bonchev–Trinajstić information content (AvgIpc) is 3.11. The Morgan fingerprint density at radius 3 is 2.95 bits per heavy atom. The first-order chi connectivity index (χ1) is 10.2. The van der Waals surface area contributed by atoms with Crippen molar-refractivity contribution in [1.29, 1.82) is 0 Å². The van der Waals surface area contributed by atoms with Crippen molar-refractivity contribution in [3.8, 4) is 5.69 Å². The maximum Gasteiger partial charge on any atom is 0.340 e. The maximum absolute atomic E-state index is 13.4. The predicted octanol–water partition coefficient (Wildman–Crippen LogP) is 0.713. The molecule has 0 amide bonds. The summed E-state index contributed by atoms with van der Waals surface area (Å²) >= 11 is 0. The molecule has 0 atom stereocenters.